The van der Waals surface area contributed by atoms with Gasteiger partial charge in [0.2, 0.25) is 0 Å². The minimum Gasteiger partial charge on any atom is -0.329 e. The van der Waals surface area contributed by atoms with E-state index in [4.69, 9.17) is 5.73 Å². The predicted molar refractivity (Wildman–Crippen MR) is 79.9 cm³/mol. The highest BCUT2D eigenvalue weighted by Gasteiger charge is 2.33. The summed E-state index contributed by atoms with van der Waals surface area (Å²) < 4.78 is 0. The van der Waals surface area contributed by atoms with Crippen LogP contribution in [0.3, 0.4) is 0 Å². The molecule has 2 N–H and O–H groups in total. The fraction of sp³-hybridized carbons (Fsp3) is 0.688. The molecule has 19 heavy (non-hydrogen) atoms. The van der Waals surface area contributed by atoms with Crippen molar-refractivity contribution in [1.29, 1.82) is 0 Å². The molecule has 0 saturated carbocycles. The highest BCUT2D eigenvalue weighted by Crippen LogP contribution is 2.33. The third-order valence-electron chi connectivity index (χ3n) is 4.59. The van der Waals surface area contributed by atoms with Gasteiger partial charge in [-0.05, 0) is 43.7 Å². The van der Waals surface area contributed by atoms with Gasteiger partial charge in [-0.1, -0.05) is 19.9 Å². The van der Waals surface area contributed by atoms with Crippen molar-refractivity contribution in [3.05, 3.63) is 29.6 Å². The Morgan fingerprint density at radius 1 is 1.37 bits per heavy atom. The van der Waals surface area contributed by atoms with Crippen molar-refractivity contribution in [3.8, 4) is 0 Å². The van der Waals surface area contributed by atoms with Gasteiger partial charge in [0.1, 0.15) is 0 Å². The number of rotatable bonds is 3. The van der Waals surface area contributed by atoms with Crippen molar-refractivity contribution >= 4 is 0 Å². The van der Waals surface area contributed by atoms with Crippen molar-refractivity contribution in [3.63, 3.8) is 0 Å². The van der Waals surface area contributed by atoms with Crippen molar-refractivity contribution in [2.45, 2.75) is 46.2 Å². The molecule has 1 aliphatic heterocycles. The Labute approximate surface area is 117 Å². The van der Waals surface area contributed by atoms with Gasteiger partial charge in [0.25, 0.3) is 0 Å². The van der Waals surface area contributed by atoms with Crippen LogP contribution in [0.4, 0.5) is 0 Å². The molecule has 1 fully saturated rings. The van der Waals surface area contributed by atoms with Gasteiger partial charge in [-0.3, -0.25) is 9.88 Å². The normalized spacial score (nSPS) is 30.3. The van der Waals surface area contributed by atoms with Gasteiger partial charge in [0.15, 0.2) is 0 Å². The number of nitrogens with zero attached hydrogens (tertiary/aromatic N) is 2. The maximum atomic E-state index is 6.06. The zero-order valence-corrected chi connectivity index (χ0v) is 12.6. The van der Waals surface area contributed by atoms with E-state index < -0.39 is 0 Å². The molecular formula is C16H27N3. The van der Waals surface area contributed by atoms with Gasteiger partial charge in [0.05, 0.1) is 0 Å². The van der Waals surface area contributed by atoms with E-state index in [9.17, 15) is 0 Å². The highest BCUT2D eigenvalue weighted by molar-refractivity contribution is 5.18. The number of aryl methyl sites for hydroxylation is 1. The summed E-state index contributed by atoms with van der Waals surface area (Å²) in [5.41, 5.74) is 8.37. The summed E-state index contributed by atoms with van der Waals surface area (Å²) >= 11 is 0. The van der Waals surface area contributed by atoms with E-state index in [0.717, 1.165) is 24.1 Å². The lowest BCUT2D eigenvalue weighted by Crippen LogP contribution is -2.49. The molecule has 3 nitrogen and oxygen atoms in total. The molecule has 1 saturated heterocycles. The van der Waals surface area contributed by atoms with Gasteiger partial charge in [-0.25, -0.2) is 0 Å². The molecule has 1 aromatic heterocycles. The van der Waals surface area contributed by atoms with Gasteiger partial charge in [-0.2, -0.15) is 0 Å². The second-order valence-electron chi connectivity index (χ2n) is 6.24. The Hall–Kier alpha value is -0.930. The van der Waals surface area contributed by atoms with Crippen LogP contribution in [0.5, 0.6) is 0 Å². The first kappa shape index (κ1) is 14.5. The zero-order valence-electron chi connectivity index (χ0n) is 12.6. The van der Waals surface area contributed by atoms with Crippen LogP contribution in [-0.4, -0.2) is 29.0 Å². The number of pyridine rings is 1. The molecule has 0 bridgehead atoms. The molecule has 2 heterocycles. The van der Waals surface area contributed by atoms with Crippen LogP contribution in [0.15, 0.2) is 18.3 Å². The second-order valence-corrected chi connectivity index (χ2v) is 6.24. The SMILES string of the molecule is Cc1ccc(C(CN)N2CC(C)CC(C)C2C)cn1. The van der Waals surface area contributed by atoms with Crippen LogP contribution >= 0.6 is 0 Å². The lowest BCUT2D eigenvalue weighted by Gasteiger charge is -2.45. The third kappa shape index (κ3) is 3.15. The van der Waals surface area contributed by atoms with Crippen molar-refractivity contribution in [2.24, 2.45) is 17.6 Å². The first-order chi connectivity index (χ1) is 9.02. The fourth-order valence-electron chi connectivity index (χ4n) is 3.31. The maximum Gasteiger partial charge on any atom is 0.0488 e. The Morgan fingerprint density at radius 2 is 2.11 bits per heavy atom. The molecular weight excluding hydrogens is 234 g/mol. The lowest BCUT2D eigenvalue weighted by atomic mass is 9.84. The number of nitrogens with two attached hydrogens (primary N) is 1. The predicted octanol–water partition coefficient (Wildman–Crippen LogP) is 2.76. The Morgan fingerprint density at radius 3 is 2.68 bits per heavy atom. The Balaban J connectivity index is 2.22. The molecule has 4 unspecified atom stereocenters. The second kappa shape index (κ2) is 6.02. The van der Waals surface area contributed by atoms with E-state index >= 15 is 0 Å². The summed E-state index contributed by atoms with van der Waals surface area (Å²) in [6, 6.07) is 5.15. The highest BCUT2D eigenvalue weighted by atomic mass is 15.2. The molecule has 1 aromatic rings. The molecule has 4 atom stereocenters. The van der Waals surface area contributed by atoms with E-state index in [2.05, 4.69) is 42.8 Å². The fourth-order valence-corrected chi connectivity index (χ4v) is 3.31. The average Bonchev–Trinajstić information content (AvgIpc) is 2.38. The molecule has 0 aliphatic carbocycles. The summed E-state index contributed by atoms with van der Waals surface area (Å²) in [5.74, 6) is 1.48. The van der Waals surface area contributed by atoms with Gasteiger partial charge < -0.3 is 5.73 Å². The van der Waals surface area contributed by atoms with Crippen LogP contribution in [-0.2, 0) is 0 Å². The number of hydrogen-bond acceptors (Lipinski definition) is 3. The summed E-state index contributed by atoms with van der Waals surface area (Å²) in [6.45, 7) is 10.9. The maximum absolute atomic E-state index is 6.06. The van der Waals surface area contributed by atoms with Gasteiger partial charge >= 0.3 is 0 Å². The van der Waals surface area contributed by atoms with Crippen molar-refractivity contribution in [2.75, 3.05) is 13.1 Å². The summed E-state index contributed by atoms with van der Waals surface area (Å²) in [6.07, 6.45) is 3.31. The Kier molecular flexibility index (Phi) is 4.58. The number of piperidine rings is 1. The van der Waals surface area contributed by atoms with Crippen molar-refractivity contribution in [1.82, 2.24) is 9.88 Å². The number of aromatic nitrogens is 1. The van der Waals surface area contributed by atoms with Crippen LogP contribution in [0.2, 0.25) is 0 Å². The molecule has 0 radical (unpaired) electrons. The summed E-state index contributed by atoms with van der Waals surface area (Å²) in [4.78, 5) is 7.00. The van der Waals surface area contributed by atoms with E-state index in [1.807, 2.05) is 13.1 Å². The van der Waals surface area contributed by atoms with E-state index in [0.29, 0.717) is 18.6 Å². The van der Waals surface area contributed by atoms with Crippen LogP contribution in [0, 0.1) is 18.8 Å². The van der Waals surface area contributed by atoms with E-state index in [1.54, 1.807) is 0 Å². The molecule has 0 amide bonds. The van der Waals surface area contributed by atoms with Crippen LogP contribution in [0.1, 0.15) is 44.5 Å². The lowest BCUT2D eigenvalue weighted by molar-refractivity contribution is 0.0423. The molecule has 3 heteroatoms. The van der Waals surface area contributed by atoms with Crippen LogP contribution in [0.25, 0.3) is 0 Å². The molecule has 1 aliphatic rings. The van der Waals surface area contributed by atoms with Gasteiger partial charge in [-0.15, -0.1) is 0 Å². The monoisotopic (exact) mass is 261 g/mol. The molecule has 0 aromatic carbocycles. The standard InChI is InChI=1S/C16H27N3/c1-11-7-12(2)14(4)19(10-11)16(8-17)15-6-5-13(3)18-9-15/h5-6,9,11-12,14,16H,7-8,10,17H2,1-4H3. The topological polar surface area (TPSA) is 42.1 Å². The number of likely N-dealkylation sites (tertiary alicyclic amines) is 1. The van der Waals surface area contributed by atoms with Crippen LogP contribution < -0.4 is 5.73 Å². The minimum absolute atomic E-state index is 0.299. The van der Waals surface area contributed by atoms with E-state index in [-0.39, 0.29) is 0 Å². The molecule has 106 valence electrons. The summed E-state index contributed by atoms with van der Waals surface area (Å²) in [7, 11) is 0. The average molecular weight is 261 g/mol. The van der Waals surface area contributed by atoms with Gasteiger partial charge in [0, 0.05) is 37.1 Å². The minimum atomic E-state index is 0.299. The first-order valence-electron chi connectivity index (χ1n) is 7.41. The quantitative estimate of drug-likeness (QED) is 0.909. The first-order valence-corrected chi connectivity index (χ1v) is 7.41. The largest absolute Gasteiger partial charge is 0.329 e. The third-order valence-corrected chi connectivity index (χ3v) is 4.59. The van der Waals surface area contributed by atoms with E-state index in [1.165, 1.54) is 12.0 Å². The molecule has 2 rings (SSSR count). The summed E-state index contributed by atoms with van der Waals surface area (Å²) in [5, 5.41) is 0. The number of hydrogen-bond donors (Lipinski definition) is 1. The smallest absolute Gasteiger partial charge is 0.0488 e. The Bertz CT molecular complexity index is 401. The van der Waals surface area contributed by atoms with Crippen molar-refractivity contribution < 1.29 is 0 Å². The molecule has 0 spiro atoms. The zero-order chi connectivity index (χ0) is 14.0.